The van der Waals surface area contributed by atoms with Crippen molar-refractivity contribution in [1.29, 1.82) is 0 Å². The van der Waals surface area contributed by atoms with Gasteiger partial charge in [-0.05, 0) is 19.1 Å². The molecule has 3 nitrogen and oxygen atoms in total. The van der Waals surface area contributed by atoms with Gasteiger partial charge in [0.15, 0.2) is 5.13 Å². The molecule has 3 N–H and O–H groups in total. The minimum absolute atomic E-state index is 0.270. The summed E-state index contributed by atoms with van der Waals surface area (Å²) in [6, 6.07) is 5.47. The van der Waals surface area contributed by atoms with Gasteiger partial charge < -0.3 is 11.1 Å². The summed E-state index contributed by atoms with van der Waals surface area (Å²) in [5.74, 6) is 0. The van der Waals surface area contributed by atoms with Crippen LogP contribution in [0.15, 0.2) is 23.6 Å². The van der Waals surface area contributed by atoms with Crippen LogP contribution in [-0.4, -0.2) is 9.97 Å². The SMILES string of the molecule is Cc1csc(Nc2cccc(Cl)c2C(N)=S)n1. The summed E-state index contributed by atoms with van der Waals surface area (Å²) in [5, 5.41) is 6.47. The topological polar surface area (TPSA) is 50.9 Å². The van der Waals surface area contributed by atoms with Crippen molar-refractivity contribution in [3.05, 3.63) is 39.9 Å². The molecule has 1 aromatic carbocycles. The normalized spacial score (nSPS) is 10.2. The van der Waals surface area contributed by atoms with Crippen LogP contribution in [0.3, 0.4) is 0 Å². The summed E-state index contributed by atoms with van der Waals surface area (Å²) in [6.07, 6.45) is 0. The molecule has 6 heteroatoms. The molecule has 0 atom stereocenters. The third-order valence-electron chi connectivity index (χ3n) is 2.12. The fourth-order valence-corrected chi connectivity index (χ4v) is 2.66. The predicted octanol–water partition coefficient (Wildman–Crippen LogP) is 3.48. The fourth-order valence-electron chi connectivity index (χ4n) is 1.41. The van der Waals surface area contributed by atoms with Crippen molar-refractivity contribution in [3.63, 3.8) is 0 Å². The number of benzene rings is 1. The Morgan fingerprint density at radius 2 is 2.29 bits per heavy atom. The Hall–Kier alpha value is -1.17. The predicted molar refractivity (Wildman–Crippen MR) is 77.5 cm³/mol. The minimum atomic E-state index is 0.270. The van der Waals surface area contributed by atoms with E-state index in [1.165, 1.54) is 11.3 Å². The number of aryl methyl sites for hydroxylation is 1. The van der Waals surface area contributed by atoms with Gasteiger partial charge in [-0.2, -0.15) is 0 Å². The highest BCUT2D eigenvalue weighted by Gasteiger charge is 2.10. The number of nitrogens with two attached hydrogens (primary N) is 1. The lowest BCUT2D eigenvalue weighted by molar-refractivity contribution is 1.26. The number of halogens is 1. The molecular weight excluding hydrogens is 274 g/mol. The number of nitrogens with one attached hydrogen (secondary N) is 1. The summed E-state index contributed by atoms with van der Waals surface area (Å²) in [7, 11) is 0. The maximum atomic E-state index is 6.07. The lowest BCUT2D eigenvalue weighted by Gasteiger charge is -2.10. The van der Waals surface area contributed by atoms with Crippen LogP contribution in [0.25, 0.3) is 0 Å². The highest BCUT2D eigenvalue weighted by molar-refractivity contribution is 7.80. The molecule has 0 fully saturated rings. The molecule has 0 saturated heterocycles. The van der Waals surface area contributed by atoms with E-state index in [1.54, 1.807) is 6.07 Å². The van der Waals surface area contributed by atoms with Crippen molar-refractivity contribution in [2.24, 2.45) is 5.73 Å². The lowest BCUT2D eigenvalue weighted by Crippen LogP contribution is -2.12. The van der Waals surface area contributed by atoms with E-state index in [1.807, 2.05) is 24.4 Å². The number of thiocarbonyl (C=S) groups is 1. The van der Waals surface area contributed by atoms with Crippen LogP contribution in [0.5, 0.6) is 0 Å². The van der Waals surface area contributed by atoms with Gasteiger partial charge >= 0.3 is 0 Å². The molecule has 17 heavy (non-hydrogen) atoms. The number of hydrogen-bond donors (Lipinski definition) is 2. The molecule has 0 aliphatic carbocycles. The van der Waals surface area contributed by atoms with Gasteiger partial charge in [-0.3, -0.25) is 0 Å². The smallest absolute Gasteiger partial charge is 0.187 e. The van der Waals surface area contributed by atoms with Gasteiger partial charge in [-0.1, -0.05) is 29.9 Å². The number of anilines is 2. The highest BCUT2D eigenvalue weighted by atomic mass is 35.5. The Morgan fingerprint density at radius 3 is 2.88 bits per heavy atom. The van der Waals surface area contributed by atoms with Crippen molar-refractivity contribution < 1.29 is 0 Å². The molecule has 0 bridgehead atoms. The van der Waals surface area contributed by atoms with Crippen LogP contribution in [0, 0.1) is 6.92 Å². The summed E-state index contributed by atoms with van der Waals surface area (Å²) < 4.78 is 0. The van der Waals surface area contributed by atoms with E-state index in [4.69, 9.17) is 29.6 Å². The van der Waals surface area contributed by atoms with E-state index in [0.717, 1.165) is 16.5 Å². The highest BCUT2D eigenvalue weighted by Crippen LogP contribution is 2.28. The maximum absolute atomic E-state index is 6.07. The molecule has 0 unspecified atom stereocenters. The first kappa shape index (κ1) is 12.3. The molecular formula is C11H10ClN3S2. The largest absolute Gasteiger partial charge is 0.389 e. The second-order valence-electron chi connectivity index (χ2n) is 3.45. The molecule has 0 aliphatic rings. The van der Waals surface area contributed by atoms with E-state index in [-0.39, 0.29) is 4.99 Å². The zero-order valence-corrected chi connectivity index (χ0v) is 11.4. The summed E-state index contributed by atoms with van der Waals surface area (Å²) in [4.78, 5) is 4.59. The van der Waals surface area contributed by atoms with Crippen molar-refractivity contribution in [2.45, 2.75) is 6.92 Å². The number of rotatable bonds is 3. The van der Waals surface area contributed by atoms with E-state index < -0.39 is 0 Å². The maximum Gasteiger partial charge on any atom is 0.187 e. The summed E-state index contributed by atoms with van der Waals surface area (Å²) in [5.41, 5.74) is 8.06. The molecule has 1 heterocycles. The van der Waals surface area contributed by atoms with Crippen molar-refractivity contribution in [3.8, 4) is 0 Å². The number of nitrogens with zero attached hydrogens (tertiary/aromatic N) is 1. The first-order valence-corrected chi connectivity index (χ1v) is 6.52. The summed E-state index contributed by atoms with van der Waals surface area (Å²) >= 11 is 12.6. The van der Waals surface area contributed by atoms with Gasteiger partial charge in [0.1, 0.15) is 4.99 Å². The second-order valence-corrected chi connectivity index (χ2v) is 5.15. The molecule has 0 spiro atoms. The van der Waals surface area contributed by atoms with E-state index in [2.05, 4.69) is 10.3 Å². The van der Waals surface area contributed by atoms with Gasteiger partial charge in [-0.15, -0.1) is 11.3 Å². The Morgan fingerprint density at radius 1 is 1.53 bits per heavy atom. The quantitative estimate of drug-likeness (QED) is 0.847. The van der Waals surface area contributed by atoms with E-state index in [9.17, 15) is 0 Å². The Kier molecular flexibility index (Phi) is 3.61. The first-order chi connectivity index (χ1) is 8.08. The summed E-state index contributed by atoms with van der Waals surface area (Å²) in [6.45, 7) is 1.94. The van der Waals surface area contributed by atoms with Crippen molar-refractivity contribution >= 4 is 51.0 Å². The Balaban J connectivity index is 2.39. The minimum Gasteiger partial charge on any atom is -0.389 e. The third-order valence-corrected chi connectivity index (χ3v) is 3.52. The van der Waals surface area contributed by atoms with Crippen LogP contribution >= 0.6 is 35.2 Å². The van der Waals surface area contributed by atoms with Crippen LogP contribution in [-0.2, 0) is 0 Å². The van der Waals surface area contributed by atoms with Gasteiger partial charge in [0.2, 0.25) is 0 Å². The van der Waals surface area contributed by atoms with Crippen LogP contribution < -0.4 is 11.1 Å². The Labute approximate surface area is 114 Å². The molecule has 0 amide bonds. The monoisotopic (exact) mass is 283 g/mol. The standard InChI is InChI=1S/C11H10ClN3S2/c1-6-5-17-11(14-6)15-8-4-2-3-7(12)9(8)10(13)16/h2-5H,1H3,(H2,13,16)(H,14,15). The third kappa shape index (κ3) is 2.74. The average molecular weight is 284 g/mol. The zero-order chi connectivity index (χ0) is 12.4. The van der Waals surface area contributed by atoms with Gasteiger partial charge in [-0.25, -0.2) is 4.98 Å². The molecule has 0 radical (unpaired) electrons. The van der Waals surface area contributed by atoms with Gasteiger partial charge in [0, 0.05) is 5.38 Å². The van der Waals surface area contributed by atoms with Gasteiger partial charge in [0.05, 0.1) is 22.0 Å². The molecule has 2 aromatic rings. The first-order valence-electron chi connectivity index (χ1n) is 4.85. The van der Waals surface area contributed by atoms with E-state index >= 15 is 0 Å². The second kappa shape index (κ2) is 5.00. The zero-order valence-electron chi connectivity index (χ0n) is 9.03. The van der Waals surface area contributed by atoms with Crippen LogP contribution in [0.1, 0.15) is 11.3 Å². The molecule has 0 saturated carbocycles. The number of hydrogen-bond acceptors (Lipinski definition) is 4. The van der Waals surface area contributed by atoms with Crippen LogP contribution in [0.2, 0.25) is 5.02 Å². The fraction of sp³-hybridized carbons (Fsp3) is 0.0909. The van der Waals surface area contributed by atoms with E-state index in [0.29, 0.717) is 10.6 Å². The molecule has 2 rings (SSSR count). The van der Waals surface area contributed by atoms with Crippen LogP contribution in [0.4, 0.5) is 10.8 Å². The van der Waals surface area contributed by atoms with Gasteiger partial charge in [0.25, 0.3) is 0 Å². The molecule has 88 valence electrons. The Bertz CT molecular complexity index is 566. The lowest BCUT2D eigenvalue weighted by atomic mass is 10.2. The van der Waals surface area contributed by atoms with Crippen molar-refractivity contribution in [2.75, 3.05) is 5.32 Å². The number of thiazole rings is 1. The molecule has 1 aromatic heterocycles. The molecule has 0 aliphatic heterocycles. The number of aromatic nitrogens is 1. The van der Waals surface area contributed by atoms with Crippen molar-refractivity contribution in [1.82, 2.24) is 4.98 Å². The average Bonchev–Trinajstić information content (AvgIpc) is 2.63.